The highest BCUT2D eigenvalue weighted by Crippen LogP contribution is 2.14. The van der Waals surface area contributed by atoms with Gasteiger partial charge in [0.1, 0.15) is 0 Å². The van der Waals surface area contributed by atoms with Crippen molar-refractivity contribution < 1.29 is 9.59 Å². The minimum Gasteiger partial charge on any atom is -0.353 e. The molecule has 1 N–H and O–H groups in total. The van der Waals surface area contributed by atoms with Crippen LogP contribution in [-0.2, 0) is 23.1 Å². The van der Waals surface area contributed by atoms with E-state index in [1.165, 1.54) is 0 Å². The highest BCUT2D eigenvalue weighted by atomic mass is 16.2. The molecule has 1 fully saturated rings. The molecule has 0 spiro atoms. The maximum atomic E-state index is 12.6. The fraction of sp³-hybridized carbons (Fsp3) is 0.722. The van der Waals surface area contributed by atoms with Crippen molar-refractivity contribution in [2.75, 3.05) is 32.7 Å². The van der Waals surface area contributed by atoms with E-state index in [2.05, 4.69) is 22.2 Å². The minimum atomic E-state index is 0.0655. The summed E-state index contributed by atoms with van der Waals surface area (Å²) in [6.45, 7) is 11.3. The summed E-state index contributed by atoms with van der Waals surface area (Å²) in [4.78, 5) is 28.6. The Balaban J connectivity index is 1.81. The summed E-state index contributed by atoms with van der Waals surface area (Å²) in [6, 6.07) is 0.210. The Morgan fingerprint density at radius 2 is 1.84 bits per heavy atom. The van der Waals surface area contributed by atoms with Crippen LogP contribution in [0.4, 0.5) is 0 Å². The number of carbonyl (C=O) groups excluding carboxylic acids is 2. The molecule has 0 bridgehead atoms. The Bertz CT molecular complexity index is 617. The van der Waals surface area contributed by atoms with E-state index >= 15 is 0 Å². The zero-order valence-corrected chi connectivity index (χ0v) is 16.1. The topological polar surface area (TPSA) is 70.5 Å². The van der Waals surface area contributed by atoms with E-state index in [0.717, 1.165) is 36.5 Å². The maximum Gasteiger partial charge on any atom is 0.234 e. The second-order valence-corrected chi connectivity index (χ2v) is 6.98. The largest absolute Gasteiger partial charge is 0.353 e. The van der Waals surface area contributed by atoms with Crippen LogP contribution in [0.1, 0.15) is 37.2 Å². The standard InChI is InChI=1S/C18H31N5O2/c1-6-13(2)19-17(24)12-22-7-9-23(10-8-22)18(25)11-16-14(3)20-21(5)15(16)4/h13H,6-12H2,1-5H3,(H,19,24). The van der Waals surface area contributed by atoms with Crippen molar-refractivity contribution >= 4 is 11.8 Å². The van der Waals surface area contributed by atoms with Crippen LogP contribution in [-0.4, -0.2) is 70.2 Å². The van der Waals surface area contributed by atoms with Crippen molar-refractivity contribution in [3.63, 3.8) is 0 Å². The summed E-state index contributed by atoms with van der Waals surface area (Å²) < 4.78 is 1.83. The summed E-state index contributed by atoms with van der Waals surface area (Å²) >= 11 is 0. The zero-order chi connectivity index (χ0) is 18.6. The van der Waals surface area contributed by atoms with Gasteiger partial charge in [-0.2, -0.15) is 5.10 Å². The third-order valence-corrected chi connectivity index (χ3v) is 5.10. The molecule has 1 aromatic heterocycles. The van der Waals surface area contributed by atoms with Gasteiger partial charge in [0.15, 0.2) is 0 Å². The number of carbonyl (C=O) groups is 2. The molecule has 140 valence electrons. The van der Waals surface area contributed by atoms with Gasteiger partial charge in [-0.3, -0.25) is 19.2 Å². The first-order valence-electron chi connectivity index (χ1n) is 9.10. The van der Waals surface area contributed by atoms with Gasteiger partial charge in [0.2, 0.25) is 11.8 Å². The Hall–Kier alpha value is -1.89. The lowest BCUT2D eigenvalue weighted by Gasteiger charge is -2.34. The van der Waals surface area contributed by atoms with Gasteiger partial charge in [0.05, 0.1) is 18.7 Å². The van der Waals surface area contributed by atoms with Gasteiger partial charge < -0.3 is 10.2 Å². The number of hydrogen-bond acceptors (Lipinski definition) is 4. The van der Waals surface area contributed by atoms with E-state index in [-0.39, 0.29) is 17.9 Å². The number of nitrogens with zero attached hydrogens (tertiary/aromatic N) is 4. The lowest BCUT2D eigenvalue weighted by molar-refractivity contribution is -0.132. The third-order valence-electron chi connectivity index (χ3n) is 5.10. The summed E-state index contributed by atoms with van der Waals surface area (Å²) in [5.41, 5.74) is 3.00. The normalized spacial score (nSPS) is 16.8. The van der Waals surface area contributed by atoms with Crippen LogP contribution >= 0.6 is 0 Å². The van der Waals surface area contributed by atoms with Crippen LogP contribution in [0.15, 0.2) is 0 Å². The highest BCUT2D eigenvalue weighted by molar-refractivity contribution is 5.80. The summed E-state index contributed by atoms with van der Waals surface area (Å²) in [6.07, 6.45) is 1.33. The Morgan fingerprint density at radius 3 is 2.36 bits per heavy atom. The van der Waals surface area contributed by atoms with Gasteiger partial charge in [-0.1, -0.05) is 6.92 Å². The maximum absolute atomic E-state index is 12.6. The summed E-state index contributed by atoms with van der Waals surface area (Å²) in [5.74, 6) is 0.207. The van der Waals surface area contributed by atoms with Gasteiger partial charge in [-0.25, -0.2) is 0 Å². The van der Waals surface area contributed by atoms with E-state index in [1.807, 2.05) is 37.4 Å². The Labute approximate surface area is 150 Å². The van der Waals surface area contributed by atoms with Crippen LogP contribution in [0.2, 0.25) is 0 Å². The van der Waals surface area contributed by atoms with E-state index < -0.39 is 0 Å². The first-order valence-corrected chi connectivity index (χ1v) is 9.10. The van der Waals surface area contributed by atoms with Crippen LogP contribution in [0.5, 0.6) is 0 Å². The van der Waals surface area contributed by atoms with Crippen LogP contribution in [0.25, 0.3) is 0 Å². The molecule has 1 aromatic rings. The molecule has 7 heteroatoms. The van der Waals surface area contributed by atoms with Crippen LogP contribution < -0.4 is 5.32 Å². The summed E-state index contributed by atoms with van der Waals surface area (Å²) in [7, 11) is 1.90. The van der Waals surface area contributed by atoms with Crippen LogP contribution in [0.3, 0.4) is 0 Å². The van der Waals surface area contributed by atoms with Crippen molar-refractivity contribution in [2.24, 2.45) is 7.05 Å². The number of rotatable bonds is 6. The van der Waals surface area contributed by atoms with E-state index in [1.54, 1.807) is 0 Å². The molecule has 1 atom stereocenters. The Kier molecular flexibility index (Phi) is 6.58. The molecule has 0 saturated carbocycles. The number of hydrogen-bond donors (Lipinski definition) is 1. The minimum absolute atomic E-state index is 0.0655. The number of aryl methyl sites for hydroxylation is 2. The van der Waals surface area contributed by atoms with Gasteiger partial charge in [-0.05, 0) is 27.2 Å². The van der Waals surface area contributed by atoms with Crippen molar-refractivity contribution in [2.45, 2.75) is 46.6 Å². The number of amides is 2. The molecule has 0 radical (unpaired) electrons. The Morgan fingerprint density at radius 1 is 1.20 bits per heavy atom. The molecular weight excluding hydrogens is 318 g/mol. The molecule has 2 rings (SSSR count). The molecule has 7 nitrogen and oxygen atoms in total. The highest BCUT2D eigenvalue weighted by Gasteiger charge is 2.24. The third kappa shape index (κ3) is 5.04. The van der Waals surface area contributed by atoms with Gasteiger partial charge >= 0.3 is 0 Å². The predicted octanol–water partition coefficient (Wildman–Crippen LogP) is 0.638. The zero-order valence-electron chi connectivity index (χ0n) is 16.1. The van der Waals surface area contributed by atoms with E-state index in [0.29, 0.717) is 26.1 Å². The molecule has 1 saturated heterocycles. The van der Waals surface area contributed by atoms with Gasteiger partial charge in [0.25, 0.3) is 0 Å². The van der Waals surface area contributed by atoms with E-state index in [9.17, 15) is 9.59 Å². The predicted molar refractivity (Wildman–Crippen MR) is 97.3 cm³/mol. The lowest BCUT2D eigenvalue weighted by atomic mass is 10.1. The van der Waals surface area contributed by atoms with E-state index in [4.69, 9.17) is 0 Å². The number of aromatic nitrogens is 2. The summed E-state index contributed by atoms with van der Waals surface area (Å²) in [5, 5.41) is 7.37. The van der Waals surface area contributed by atoms with Gasteiger partial charge in [-0.15, -0.1) is 0 Å². The monoisotopic (exact) mass is 349 g/mol. The molecule has 0 aromatic carbocycles. The fourth-order valence-electron chi connectivity index (χ4n) is 3.12. The van der Waals surface area contributed by atoms with Crippen molar-refractivity contribution in [3.8, 4) is 0 Å². The molecule has 25 heavy (non-hydrogen) atoms. The molecular formula is C18H31N5O2. The molecule has 1 unspecified atom stereocenters. The molecule has 0 aliphatic carbocycles. The second-order valence-electron chi connectivity index (χ2n) is 6.98. The number of piperazine rings is 1. The van der Waals surface area contributed by atoms with Gasteiger partial charge in [0, 0.05) is 50.5 Å². The first-order chi connectivity index (χ1) is 11.8. The van der Waals surface area contributed by atoms with Crippen molar-refractivity contribution in [1.82, 2.24) is 24.9 Å². The number of nitrogens with one attached hydrogen (secondary N) is 1. The van der Waals surface area contributed by atoms with Crippen LogP contribution in [0, 0.1) is 13.8 Å². The second kappa shape index (κ2) is 8.47. The average Bonchev–Trinajstić information content (AvgIpc) is 2.81. The smallest absolute Gasteiger partial charge is 0.234 e. The molecule has 1 aliphatic heterocycles. The van der Waals surface area contributed by atoms with Crippen molar-refractivity contribution in [3.05, 3.63) is 17.0 Å². The fourth-order valence-corrected chi connectivity index (χ4v) is 3.12. The molecule has 2 amide bonds. The quantitative estimate of drug-likeness (QED) is 0.818. The molecule has 1 aliphatic rings. The molecule has 2 heterocycles. The SMILES string of the molecule is CCC(C)NC(=O)CN1CCN(C(=O)Cc2c(C)nn(C)c2C)CC1. The lowest BCUT2D eigenvalue weighted by Crippen LogP contribution is -2.52. The average molecular weight is 349 g/mol. The first kappa shape index (κ1) is 19.4. The van der Waals surface area contributed by atoms with Crippen molar-refractivity contribution in [1.29, 1.82) is 0 Å².